The summed E-state index contributed by atoms with van der Waals surface area (Å²) in [6.07, 6.45) is 1.69. The maximum atomic E-state index is 12.8. The lowest BCUT2D eigenvalue weighted by Gasteiger charge is -2.24. The molecule has 2 aromatic rings. The lowest BCUT2D eigenvalue weighted by atomic mass is 10.1. The van der Waals surface area contributed by atoms with E-state index in [1.165, 1.54) is 34.1 Å². The van der Waals surface area contributed by atoms with Crippen molar-refractivity contribution in [2.24, 2.45) is 0 Å². The summed E-state index contributed by atoms with van der Waals surface area (Å²) in [6, 6.07) is 15.9. The summed E-state index contributed by atoms with van der Waals surface area (Å²) in [5, 5.41) is 8.81. The fourth-order valence-corrected chi connectivity index (χ4v) is 4.31. The molecule has 2 aromatic carbocycles. The number of fused-ring (bicyclic) bond motifs is 1. The molecule has 5 heteroatoms. The highest BCUT2D eigenvalue weighted by molar-refractivity contribution is 7.89. The smallest absolute Gasteiger partial charge is 0.207 e. The molecule has 0 saturated carbocycles. The van der Waals surface area contributed by atoms with Crippen molar-refractivity contribution in [3.8, 4) is 6.07 Å². The van der Waals surface area contributed by atoms with E-state index in [9.17, 15) is 8.42 Å². The second kappa shape index (κ2) is 5.56. The number of benzene rings is 2. The monoisotopic (exact) mass is 312 g/mol. The maximum Gasteiger partial charge on any atom is 0.243 e. The summed E-state index contributed by atoms with van der Waals surface area (Å²) in [4.78, 5) is 0.221. The van der Waals surface area contributed by atoms with E-state index in [4.69, 9.17) is 5.26 Å². The zero-order chi connectivity index (χ0) is 15.7. The molecule has 1 atom stereocenters. The first-order valence-corrected chi connectivity index (χ1v) is 8.54. The third-order valence-electron chi connectivity index (χ3n) is 4.20. The van der Waals surface area contributed by atoms with Crippen LogP contribution in [0, 0.1) is 11.3 Å². The Bertz CT molecular complexity index is 836. The van der Waals surface area contributed by atoms with Crippen molar-refractivity contribution in [1.29, 1.82) is 5.26 Å². The van der Waals surface area contributed by atoms with Crippen LogP contribution >= 0.6 is 0 Å². The Kier molecular flexibility index (Phi) is 3.73. The van der Waals surface area contributed by atoms with Gasteiger partial charge in [-0.2, -0.15) is 9.57 Å². The van der Waals surface area contributed by atoms with Crippen LogP contribution in [-0.4, -0.2) is 19.8 Å². The molecule has 0 saturated heterocycles. The fourth-order valence-electron chi connectivity index (χ4n) is 2.95. The second-order valence-corrected chi connectivity index (χ2v) is 7.41. The van der Waals surface area contributed by atoms with Gasteiger partial charge >= 0.3 is 0 Å². The summed E-state index contributed by atoms with van der Waals surface area (Å²) in [5.74, 6) is 0. The molecule has 22 heavy (non-hydrogen) atoms. The van der Waals surface area contributed by atoms with Gasteiger partial charge in [0.25, 0.3) is 0 Å². The average Bonchev–Trinajstić information content (AvgIpc) is 2.98. The Hall–Kier alpha value is -2.16. The number of nitrogens with zero attached hydrogens (tertiary/aromatic N) is 2. The van der Waals surface area contributed by atoms with Crippen molar-refractivity contribution < 1.29 is 8.42 Å². The van der Waals surface area contributed by atoms with E-state index in [2.05, 4.69) is 6.07 Å². The van der Waals surface area contributed by atoms with E-state index >= 15 is 0 Å². The lowest BCUT2D eigenvalue weighted by Crippen LogP contribution is -2.30. The molecule has 0 N–H and O–H groups in total. The second-order valence-electron chi connectivity index (χ2n) is 5.41. The number of hydrogen-bond acceptors (Lipinski definition) is 3. The number of aryl methyl sites for hydroxylation is 1. The van der Waals surface area contributed by atoms with Crippen molar-refractivity contribution in [3.05, 3.63) is 65.2 Å². The first-order chi connectivity index (χ1) is 10.5. The molecule has 0 bridgehead atoms. The Balaban J connectivity index is 1.94. The van der Waals surface area contributed by atoms with Gasteiger partial charge in [-0.3, -0.25) is 0 Å². The van der Waals surface area contributed by atoms with Crippen LogP contribution < -0.4 is 0 Å². The summed E-state index contributed by atoms with van der Waals surface area (Å²) in [7, 11) is -1.94. The van der Waals surface area contributed by atoms with E-state index in [-0.39, 0.29) is 10.9 Å². The van der Waals surface area contributed by atoms with Crippen molar-refractivity contribution in [2.45, 2.75) is 23.8 Å². The molecular weight excluding hydrogens is 296 g/mol. The summed E-state index contributed by atoms with van der Waals surface area (Å²) in [6.45, 7) is 0. The molecule has 0 spiro atoms. The van der Waals surface area contributed by atoms with Gasteiger partial charge in [0, 0.05) is 7.05 Å². The molecule has 0 aliphatic heterocycles. The quantitative estimate of drug-likeness (QED) is 0.875. The Labute approximate surface area is 130 Å². The molecule has 112 valence electrons. The van der Waals surface area contributed by atoms with Crippen LogP contribution in [-0.2, 0) is 16.4 Å². The van der Waals surface area contributed by atoms with E-state index in [0.717, 1.165) is 18.4 Å². The molecule has 0 fully saturated rings. The predicted molar refractivity (Wildman–Crippen MR) is 83.6 cm³/mol. The average molecular weight is 312 g/mol. The standard InChI is InChI=1S/C17H16N2O2S/c1-19(17-11-8-14-4-2-3-5-16(14)17)22(20,21)15-9-6-13(12-18)7-10-15/h2-7,9-10,17H,8,11H2,1H3/t17-/m1/s1. The van der Waals surface area contributed by atoms with Gasteiger partial charge in [-0.25, -0.2) is 8.42 Å². The van der Waals surface area contributed by atoms with E-state index in [1.807, 2.05) is 24.3 Å². The van der Waals surface area contributed by atoms with Crippen molar-refractivity contribution in [2.75, 3.05) is 7.05 Å². The summed E-state index contributed by atoms with van der Waals surface area (Å²) >= 11 is 0. The highest BCUT2D eigenvalue weighted by Crippen LogP contribution is 2.37. The van der Waals surface area contributed by atoms with Gasteiger partial charge in [0.2, 0.25) is 10.0 Å². The lowest BCUT2D eigenvalue weighted by molar-refractivity contribution is 0.374. The normalized spacial score (nSPS) is 17.2. The Morgan fingerprint density at radius 3 is 2.50 bits per heavy atom. The van der Waals surface area contributed by atoms with Gasteiger partial charge in [-0.1, -0.05) is 24.3 Å². The van der Waals surface area contributed by atoms with Crippen LogP contribution in [0.1, 0.15) is 29.2 Å². The van der Waals surface area contributed by atoms with E-state index in [1.54, 1.807) is 7.05 Å². The van der Waals surface area contributed by atoms with E-state index in [0.29, 0.717) is 5.56 Å². The van der Waals surface area contributed by atoms with Crippen molar-refractivity contribution >= 4 is 10.0 Å². The highest BCUT2D eigenvalue weighted by Gasteiger charge is 2.33. The molecular formula is C17H16N2O2S. The predicted octanol–water partition coefficient (Wildman–Crippen LogP) is 2.87. The molecule has 0 unspecified atom stereocenters. The van der Waals surface area contributed by atoms with Gasteiger partial charge in [0.1, 0.15) is 0 Å². The summed E-state index contributed by atoms with van der Waals surface area (Å²) in [5.41, 5.74) is 2.75. The molecule has 0 amide bonds. The first-order valence-electron chi connectivity index (χ1n) is 7.10. The van der Waals surface area contributed by atoms with Crippen LogP contribution in [0.4, 0.5) is 0 Å². The topological polar surface area (TPSA) is 61.2 Å². The Morgan fingerprint density at radius 1 is 1.14 bits per heavy atom. The minimum atomic E-state index is -3.57. The van der Waals surface area contributed by atoms with Gasteiger partial charge < -0.3 is 0 Å². The maximum absolute atomic E-state index is 12.8. The SMILES string of the molecule is CN([C@@H]1CCc2ccccc21)S(=O)(=O)c1ccc(C#N)cc1. The molecule has 4 nitrogen and oxygen atoms in total. The van der Waals surface area contributed by atoms with Gasteiger partial charge in [-0.05, 0) is 48.2 Å². The van der Waals surface area contributed by atoms with Crippen LogP contribution in [0.2, 0.25) is 0 Å². The largest absolute Gasteiger partial charge is 0.243 e. The number of sulfonamides is 1. The third kappa shape index (κ3) is 2.41. The highest BCUT2D eigenvalue weighted by atomic mass is 32.2. The molecule has 1 aliphatic rings. The van der Waals surface area contributed by atoms with Gasteiger partial charge in [0.05, 0.1) is 22.6 Å². The first kappa shape index (κ1) is 14.8. The molecule has 0 aromatic heterocycles. The van der Waals surface area contributed by atoms with E-state index < -0.39 is 10.0 Å². The van der Waals surface area contributed by atoms with Gasteiger partial charge in [0.15, 0.2) is 0 Å². The van der Waals surface area contributed by atoms with Crippen LogP contribution in [0.15, 0.2) is 53.4 Å². The van der Waals surface area contributed by atoms with Gasteiger partial charge in [-0.15, -0.1) is 0 Å². The number of hydrogen-bond donors (Lipinski definition) is 0. The fraction of sp³-hybridized carbons (Fsp3) is 0.235. The third-order valence-corrected chi connectivity index (χ3v) is 6.08. The Morgan fingerprint density at radius 2 is 1.82 bits per heavy atom. The zero-order valence-electron chi connectivity index (χ0n) is 12.2. The minimum absolute atomic E-state index is 0.128. The molecule has 0 heterocycles. The van der Waals surface area contributed by atoms with Crippen LogP contribution in [0.25, 0.3) is 0 Å². The molecule has 0 radical (unpaired) electrons. The molecule has 1 aliphatic carbocycles. The zero-order valence-corrected chi connectivity index (χ0v) is 13.0. The number of rotatable bonds is 3. The molecule has 3 rings (SSSR count). The van der Waals surface area contributed by atoms with Crippen molar-refractivity contribution in [1.82, 2.24) is 4.31 Å². The van der Waals surface area contributed by atoms with Crippen molar-refractivity contribution in [3.63, 3.8) is 0 Å². The summed E-state index contributed by atoms with van der Waals surface area (Å²) < 4.78 is 27.0. The number of nitriles is 1. The van der Waals surface area contributed by atoms with Crippen LogP contribution in [0.5, 0.6) is 0 Å². The minimum Gasteiger partial charge on any atom is -0.207 e. The van der Waals surface area contributed by atoms with Crippen LogP contribution in [0.3, 0.4) is 0 Å².